The van der Waals surface area contributed by atoms with Crippen molar-refractivity contribution >= 4 is 21.6 Å². The zero-order valence-electron chi connectivity index (χ0n) is 17.4. The maximum atomic E-state index is 13.1. The highest BCUT2D eigenvalue weighted by atomic mass is 32.2. The number of carbonyl (C=O) groups excluding carboxylic acids is 1. The smallest absolute Gasteiger partial charge is 0.243 e. The number of furan rings is 1. The fourth-order valence-electron chi connectivity index (χ4n) is 3.31. The van der Waals surface area contributed by atoms with Crippen molar-refractivity contribution in [3.63, 3.8) is 0 Å². The quantitative estimate of drug-likeness (QED) is 0.556. The van der Waals surface area contributed by atoms with E-state index in [0.717, 1.165) is 0 Å². The maximum Gasteiger partial charge on any atom is 0.243 e. The summed E-state index contributed by atoms with van der Waals surface area (Å²) in [6.45, 7) is 1.28. The van der Waals surface area contributed by atoms with Crippen molar-refractivity contribution in [1.82, 2.24) is 4.31 Å². The van der Waals surface area contributed by atoms with Crippen molar-refractivity contribution in [2.24, 2.45) is 0 Å². The standard InChI is InChI=1S/C23H24N2O6S/c26-23(11-8-18-7-4-14-30-18)24-21-17-20(32(27,28)25-12-15-29-16-13-25)9-10-22(21)31-19-5-2-1-3-6-19/h1-7,9-10,14,17H,8,11-13,15-16H2,(H,24,26). The molecule has 1 fully saturated rings. The van der Waals surface area contributed by atoms with Gasteiger partial charge < -0.3 is 19.2 Å². The van der Waals surface area contributed by atoms with Gasteiger partial charge in [-0.2, -0.15) is 4.31 Å². The molecule has 0 bridgehead atoms. The molecule has 0 radical (unpaired) electrons. The van der Waals surface area contributed by atoms with Gasteiger partial charge >= 0.3 is 0 Å². The number of amides is 1. The van der Waals surface area contributed by atoms with Crippen LogP contribution in [0.2, 0.25) is 0 Å². The number of aryl methyl sites for hydroxylation is 1. The van der Waals surface area contributed by atoms with Crippen LogP contribution in [0.15, 0.2) is 76.2 Å². The Bertz CT molecular complexity index is 1140. The van der Waals surface area contributed by atoms with Crippen molar-refractivity contribution in [2.45, 2.75) is 17.7 Å². The molecule has 0 aliphatic carbocycles. The van der Waals surface area contributed by atoms with E-state index in [4.69, 9.17) is 13.9 Å². The van der Waals surface area contributed by atoms with Crippen LogP contribution in [0.5, 0.6) is 11.5 Å². The predicted molar refractivity (Wildman–Crippen MR) is 118 cm³/mol. The number of ether oxygens (including phenoxy) is 2. The Kier molecular flexibility index (Phi) is 6.89. The summed E-state index contributed by atoms with van der Waals surface area (Å²) >= 11 is 0. The SMILES string of the molecule is O=C(CCc1ccco1)Nc1cc(S(=O)(=O)N2CCOCC2)ccc1Oc1ccccc1. The van der Waals surface area contributed by atoms with Crippen LogP contribution in [0.3, 0.4) is 0 Å². The number of carbonyl (C=O) groups is 1. The fourth-order valence-corrected chi connectivity index (χ4v) is 4.75. The average Bonchev–Trinajstić information content (AvgIpc) is 3.34. The van der Waals surface area contributed by atoms with E-state index < -0.39 is 10.0 Å². The minimum atomic E-state index is -3.73. The maximum absolute atomic E-state index is 13.1. The lowest BCUT2D eigenvalue weighted by Crippen LogP contribution is -2.40. The number of sulfonamides is 1. The van der Waals surface area contributed by atoms with Crippen LogP contribution in [0.25, 0.3) is 0 Å². The third kappa shape index (κ3) is 5.37. The van der Waals surface area contributed by atoms with Gasteiger partial charge in [0.25, 0.3) is 0 Å². The zero-order valence-corrected chi connectivity index (χ0v) is 18.2. The molecule has 1 amide bonds. The molecule has 0 atom stereocenters. The van der Waals surface area contributed by atoms with Crippen LogP contribution in [0, 0.1) is 0 Å². The van der Waals surface area contributed by atoms with Crippen molar-refractivity contribution in [3.05, 3.63) is 72.7 Å². The van der Waals surface area contributed by atoms with Crippen LogP contribution in [0.1, 0.15) is 12.2 Å². The average molecular weight is 457 g/mol. The first kappa shape index (κ1) is 22.1. The Morgan fingerprint density at radius 2 is 1.81 bits per heavy atom. The molecule has 0 spiro atoms. The summed E-state index contributed by atoms with van der Waals surface area (Å²) in [6, 6.07) is 17.1. The van der Waals surface area contributed by atoms with Crippen LogP contribution < -0.4 is 10.1 Å². The summed E-state index contributed by atoms with van der Waals surface area (Å²) < 4.78 is 44.0. The van der Waals surface area contributed by atoms with E-state index in [-0.39, 0.29) is 36.0 Å². The first-order chi connectivity index (χ1) is 15.5. The summed E-state index contributed by atoms with van der Waals surface area (Å²) in [4.78, 5) is 12.7. The predicted octanol–water partition coefficient (Wildman–Crippen LogP) is 3.66. The third-order valence-electron chi connectivity index (χ3n) is 4.98. The molecule has 168 valence electrons. The van der Waals surface area contributed by atoms with Crippen molar-refractivity contribution < 1.29 is 27.1 Å². The van der Waals surface area contributed by atoms with Gasteiger partial charge in [-0.15, -0.1) is 0 Å². The molecule has 9 heteroatoms. The van der Waals surface area contributed by atoms with Crippen LogP contribution in [-0.2, 0) is 26.0 Å². The van der Waals surface area contributed by atoms with Crippen molar-refractivity contribution in [1.29, 1.82) is 0 Å². The monoisotopic (exact) mass is 456 g/mol. The molecule has 2 heterocycles. The molecule has 0 unspecified atom stereocenters. The summed E-state index contributed by atoms with van der Waals surface area (Å²) in [5.41, 5.74) is 0.285. The number of nitrogens with one attached hydrogen (secondary N) is 1. The highest BCUT2D eigenvalue weighted by Crippen LogP contribution is 2.33. The Morgan fingerprint density at radius 1 is 1.03 bits per heavy atom. The number of benzene rings is 2. The van der Waals surface area contributed by atoms with E-state index >= 15 is 0 Å². The molecular formula is C23H24N2O6S. The minimum Gasteiger partial charge on any atom is -0.469 e. The van der Waals surface area contributed by atoms with Gasteiger partial charge in [-0.3, -0.25) is 4.79 Å². The lowest BCUT2D eigenvalue weighted by molar-refractivity contribution is -0.116. The first-order valence-corrected chi connectivity index (χ1v) is 11.7. The van der Waals surface area contributed by atoms with Crippen molar-refractivity contribution in [2.75, 3.05) is 31.6 Å². The summed E-state index contributed by atoms with van der Waals surface area (Å²) in [7, 11) is -3.73. The van der Waals surface area contributed by atoms with Gasteiger partial charge in [-0.25, -0.2) is 8.42 Å². The van der Waals surface area contributed by atoms with E-state index in [2.05, 4.69) is 5.32 Å². The third-order valence-corrected chi connectivity index (χ3v) is 6.88. The Morgan fingerprint density at radius 3 is 2.53 bits per heavy atom. The summed E-state index contributed by atoms with van der Waals surface area (Å²) in [6.07, 6.45) is 2.16. The second-order valence-electron chi connectivity index (χ2n) is 7.22. The van der Waals surface area contributed by atoms with Crippen LogP contribution >= 0.6 is 0 Å². The van der Waals surface area contributed by atoms with Crippen LogP contribution in [0.4, 0.5) is 5.69 Å². The highest BCUT2D eigenvalue weighted by Gasteiger charge is 2.27. The number of hydrogen-bond donors (Lipinski definition) is 1. The Labute approximate surface area is 186 Å². The topological polar surface area (TPSA) is 98.1 Å². The van der Waals surface area contributed by atoms with E-state index in [1.807, 2.05) is 18.2 Å². The molecule has 1 aromatic heterocycles. The molecule has 2 aromatic carbocycles. The van der Waals surface area contributed by atoms with Gasteiger partial charge in [-0.05, 0) is 42.5 Å². The molecule has 1 aliphatic rings. The lowest BCUT2D eigenvalue weighted by Gasteiger charge is -2.26. The number of para-hydroxylation sites is 1. The van der Waals surface area contributed by atoms with Crippen molar-refractivity contribution in [3.8, 4) is 11.5 Å². The molecule has 0 saturated carbocycles. The van der Waals surface area contributed by atoms with Gasteiger partial charge in [0.15, 0.2) is 5.75 Å². The van der Waals surface area contributed by atoms with Gasteiger partial charge in [0.2, 0.25) is 15.9 Å². The first-order valence-electron chi connectivity index (χ1n) is 10.3. The van der Waals surface area contributed by atoms with Gasteiger partial charge in [0, 0.05) is 25.9 Å². The van der Waals surface area contributed by atoms with Gasteiger partial charge in [0.1, 0.15) is 11.5 Å². The van der Waals surface area contributed by atoms with E-state index in [1.165, 1.54) is 16.4 Å². The fraction of sp³-hybridized carbons (Fsp3) is 0.261. The summed E-state index contributed by atoms with van der Waals surface area (Å²) in [5, 5.41) is 2.80. The van der Waals surface area contributed by atoms with E-state index in [1.54, 1.807) is 36.6 Å². The largest absolute Gasteiger partial charge is 0.469 e. The minimum absolute atomic E-state index is 0.0844. The molecule has 4 rings (SSSR count). The molecule has 1 aliphatic heterocycles. The number of nitrogens with zero attached hydrogens (tertiary/aromatic N) is 1. The number of morpholine rings is 1. The lowest BCUT2D eigenvalue weighted by atomic mass is 10.2. The number of anilines is 1. The highest BCUT2D eigenvalue weighted by molar-refractivity contribution is 7.89. The molecule has 32 heavy (non-hydrogen) atoms. The van der Waals surface area contributed by atoms with E-state index in [0.29, 0.717) is 36.9 Å². The zero-order chi connectivity index (χ0) is 22.4. The molecule has 1 N–H and O–H groups in total. The molecular weight excluding hydrogens is 432 g/mol. The second-order valence-corrected chi connectivity index (χ2v) is 9.16. The number of hydrogen-bond acceptors (Lipinski definition) is 6. The second kappa shape index (κ2) is 9.99. The van der Waals surface area contributed by atoms with Crippen LogP contribution in [-0.4, -0.2) is 44.9 Å². The van der Waals surface area contributed by atoms with Gasteiger partial charge in [-0.1, -0.05) is 18.2 Å². The van der Waals surface area contributed by atoms with Gasteiger partial charge in [0.05, 0.1) is 30.1 Å². The Hall–Kier alpha value is -3.14. The normalized spacial score (nSPS) is 14.8. The number of rotatable bonds is 8. The Balaban J connectivity index is 1.58. The molecule has 1 saturated heterocycles. The van der Waals surface area contributed by atoms with E-state index in [9.17, 15) is 13.2 Å². The summed E-state index contributed by atoms with van der Waals surface area (Å²) in [5.74, 6) is 1.34. The molecule has 8 nitrogen and oxygen atoms in total. The molecule has 3 aromatic rings.